The number of benzene rings is 1. The Labute approximate surface area is 193 Å². The Kier molecular flexibility index (Phi) is 10.5. The Bertz CT molecular complexity index is 757. The first-order valence-electron chi connectivity index (χ1n) is 12.8. The largest absolute Gasteiger partial charge is 0.207 e. The zero-order valence-corrected chi connectivity index (χ0v) is 19.5. The van der Waals surface area contributed by atoms with Gasteiger partial charge in [-0.05, 0) is 86.0 Å². The molecule has 1 aromatic rings. The van der Waals surface area contributed by atoms with E-state index in [0.29, 0.717) is 5.92 Å². The molecule has 0 aromatic heterocycles. The van der Waals surface area contributed by atoms with Crippen LogP contribution in [0.5, 0.6) is 0 Å². The van der Waals surface area contributed by atoms with Crippen molar-refractivity contribution in [2.75, 3.05) is 0 Å². The summed E-state index contributed by atoms with van der Waals surface area (Å²) < 4.78 is 25.8. The summed E-state index contributed by atoms with van der Waals surface area (Å²) in [5.74, 6) is 2.41. The maximum Gasteiger partial charge on any atom is 0.199 e. The van der Waals surface area contributed by atoms with Gasteiger partial charge < -0.3 is 0 Å². The lowest BCUT2D eigenvalue weighted by atomic mass is 9.76. The van der Waals surface area contributed by atoms with Gasteiger partial charge in [-0.25, -0.2) is 4.39 Å². The monoisotopic (exact) mass is 439 g/mol. The second kappa shape index (κ2) is 13.6. The van der Waals surface area contributed by atoms with Crippen LogP contribution >= 0.6 is 0 Å². The van der Waals surface area contributed by atoms with Gasteiger partial charge >= 0.3 is 0 Å². The van der Waals surface area contributed by atoms with Crippen LogP contribution in [-0.2, 0) is 0 Å². The molecule has 3 rings (SSSR count). The van der Waals surface area contributed by atoms with Crippen LogP contribution in [0.15, 0.2) is 48.3 Å². The Hall–Kier alpha value is -1.95. The molecule has 2 fully saturated rings. The predicted octanol–water partition coefficient (Wildman–Crippen LogP) is 9.18. The van der Waals surface area contributed by atoms with E-state index < -0.39 is 5.83 Å². The molecule has 0 spiro atoms. The van der Waals surface area contributed by atoms with Gasteiger partial charge in [0, 0.05) is 0 Å². The number of allylic oxidation sites excluding steroid dienone is 4. The summed E-state index contributed by atoms with van der Waals surface area (Å²) in [6.07, 6.45) is 23.2. The number of hydrogen-bond acceptors (Lipinski definition) is 1. The molecule has 0 N–H and O–H groups in total. The molecule has 32 heavy (non-hydrogen) atoms. The van der Waals surface area contributed by atoms with Gasteiger partial charge in [-0.3, -0.25) is 0 Å². The van der Waals surface area contributed by atoms with Gasteiger partial charge in [0.05, 0.1) is 0 Å². The third kappa shape index (κ3) is 8.53. The molecule has 0 heterocycles. The fraction of sp³-hybridized carbons (Fsp3) is 0.621. The summed E-state index contributed by atoms with van der Waals surface area (Å²) in [5.41, 5.74) is 1.32. The minimum Gasteiger partial charge on any atom is -0.207 e. The van der Waals surface area contributed by atoms with E-state index in [0.717, 1.165) is 24.2 Å². The Morgan fingerprint density at radius 2 is 1.38 bits per heavy atom. The SMILES string of the molecule is N#CC(F)=CC=CCC[C@H]1CC[C@H](CCCC[C@H]2CC[C@H](c3ccc(F)cc3)CC2)CC1. The summed E-state index contributed by atoms with van der Waals surface area (Å²) in [6.45, 7) is 0. The summed E-state index contributed by atoms with van der Waals surface area (Å²) >= 11 is 0. The number of halogens is 2. The van der Waals surface area contributed by atoms with Crippen LogP contribution in [0.3, 0.4) is 0 Å². The molecule has 0 radical (unpaired) electrons. The average Bonchev–Trinajstić information content (AvgIpc) is 2.83. The predicted molar refractivity (Wildman–Crippen MR) is 128 cm³/mol. The standard InChI is InChI=1S/C29H39F2N/c30-28-20-18-27(19-21-28)26-16-14-25(15-17-26)8-5-4-7-24-12-10-23(11-13-24)6-2-1-3-9-29(31)22-32/h1,3,9,18-21,23-26H,2,4-8,10-17H2/t23-,24-,25-,26-. The second-order valence-corrected chi connectivity index (χ2v) is 10.1. The van der Waals surface area contributed by atoms with E-state index in [4.69, 9.17) is 5.26 Å². The van der Waals surface area contributed by atoms with E-state index in [2.05, 4.69) is 0 Å². The summed E-state index contributed by atoms with van der Waals surface area (Å²) in [6, 6.07) is 8.64. The topological polar surface area (TPSA) is 23.8 Å². The average molecular weight is 440 g/mol. The third-order valence-electron chi connectivity index (χ3n) is 7.86. The molecular weight excluding hydrogens is 400 g/mol. The zero-order chi connectivity index (χ0) is 22.6. The lowest BCUT2D eigenvalue weighted by Gasteiger charge is -2.30. The third-order valence-corrected chi connectivity index (χ3v) is 7.86. The van der Waals surface area contributed by atoms with Crippen molar-refractivity contribution in [1.82, 2.24) is 0 Å². The van der Waals surface area contributed by atoms with Crippen LogP contribution in [0, 0.1) is 34.9 Å². The van der Waals surface area contributed by atoms with Crippen molar-refractivity contribution in [2.45, 2.75) is 95.8 Å². The molecular formula is C29H39F2N. The molecule has 2 aliphatic rings. The van der Waals surface area contributed by atoms with Gasteiger partial charge in [-0.2, -0.15) is 9.65 Å². The van der Waals surface area contributed by atoms with Crippen LogP contribution in [0.1, 0.15) is 101 Å². The quantitative estimate of drug-likeness (QED) is 0.202. The van der Waals surface area contributed by atoms with Crippen LogP contribution in [0.25, 0.3) is 0 Å². The lowest BCUT2D eigenvalue weighted by Crippen LogP contribution is -2.15. The Balaban J connectivity index is 1.21. The number of nitriles is 1. The molecule has 0 aliphatic heterocycles. The molecule has 0 atom stereocenters. The van der Waals surface area contributed by atoms with Gasteiger partial charge in [0.25, 0.3) is 0 Å². The molecule has 2 saturated carbocycles. The normalized spacial score (nSPS) is 26.8. The van der Waals surface area contributed by atoms with Crippen molar-refractivity contribution in [1.29, 1.82) is 5.26 Å². The molecule has 0 amide bonds. The first-order chi connectivity index (χ1) is 15.6. The van der Waals surface area contributed by atoms with Gasteiger partial charge in [0.15, 0.2) is 5.83 Å². The van der Waals surface area contributed by atoms with Crippen molar-refractivity contribution < 1.29 is 8.78 Å². The van der Waals surface area contributed by atoms with Crippen LogP contribution in [-0.4, -0.2) is 0 Å². The number of nitrogens with zero attached hydrogens (tertiary/aromatic N) is 1. The Morgan fingerprint density at radius 1 is 0.844 bits per heavy atom. The molecule has 0 bridgehead atoms. The highest BCUT2D eigenvalue weighted by Gasteiger charge is 2.23. The molecule has 1 aromatic carbocycles. The summed E-state index contributed by atoms with van der Waals surface area (Å²) in [7, 11) is 0. The van der Waals surface area contributed by atoms with E-state index in [1.54, 1.807) is 18.2 Å². The highest BCUT2D eigenvalue weighted by atomic mass is 19.1. The highest BCUT2D eigenvalue weighted by molar-refractivity contribution is 5.21. The fourth-order valence-electron chi connectivity index (χ4n) is 5.81. The van der Waals surface area contributed by atoms with Crippen LogP contribution in [0.4, 0.5) is 8.78 Å². The smallest absolute Gasteiger partial charge is 0.199 e. The zero-order valence-electron chi connectivity index (χ0n) is 19.5. The molecule has 0 unspecified atom stereocenters. The van der Waals surface area contributed by atoms with E-state index in [9.17, 15) is 8.78 Å². The second-order valence-electron chi connectivity index (χ2n) is 10.1. The first kappa shape index (κ1) is 24.7. The van der Waals surface area contributed by atoms with Crippen molar-refractivity contribution in [3.05, 3.63) is 59.7 Å². The summed E-state index contributed by atoms with van der Waals surface area (Å²) in [4.78, 5) is 0. The van der Waals surface area contributed by atoms with E-state index in [-0.39, 0.29) is 5.82 Å². The van der Waals surface area contributed by atoms with E-state index >= 15 is 0 Å². The van der Waals surface area contributed by atoms with Crippen molar-refractivity contribution in [2.24, 2.45) is 17.8 Å². The van der Waals surface area contributed by atoms with E-state index in [1.807, 2.05) is 18.2 Å². The van der Waals surface area contributed by atoms with Gasteiger partial charge in [0.1, 0.15) is 11.9 Å². The fourth-order valence-corrected chi connectivity index (χ4v) is 5.81. The van der Waals surface area contributed by atoms with Gasteiger partial charge in [-0.1, -0.05) is 75.7 Å². The van der Waals surface area contributed by atoms with Crippen molar-refractivity contribution >= 4 is 0 Å². The molecule has 0 saturated heterocycles. The highest BCUT2D eigenvalue weighted by Crippen LogP contribution is 2.38. The molecule has 1 nitrogen and oxygen atoms in total. The van der Waals surface area contributed by atoms with Gasteiger partial charge in [0.2, 0.25) is 0 Å². The maximum atomic E-state index is 13.1. The number of rotatable bonds is 10. The van der Waals surface area contributed by atoms with Crippen molar-refractivity contribution in [3.8, 4) is 6.07 Å². The lowest BCUT2D eigenvalue weighted by molar-refractivity contribution is 0.244. The number of hydrogen-bond donors (Lipinski definition) is 0. The summed E-state index contributed by atoms with van der Waals surface area (Å²) in [5, 5.41) is 8.38. The molecule has 3 heteroatoms. The molecule has 174 valence electrons. The van der Waals surface area contributed by atoms with Crippen molar-refractivity contribution in [3.63, 3.8) is 0 Å². The molecule has 2 aliphatic carbocycles. The Morgan fingerprint density at radius 3 is 1.94 bits per heavy atom. The number of unbranched alkanes of at least 4 members (excludes halogenated alkanes) is 1. The maximum absolute atomic E-state index is 13.1. The minimum absolute atomic E-state index is 0.133. The van der Waals surface area contributed by atoms with Gasteiger partial charge in [-0.15, -0.1) is 0 Å². The van der Waals surface area contributed by atoms with Crippen LogP contribution in [0.2, 0.25) is 0 Å². The van der Waals surface area contributed by atoms with E-state index in [1.165, 1.54) is 101 Å². The van der Waals surface area contributed by atoms with Crippen LogP contribution < -0.4 is 0 Å². The first-order valence-corrected chi connectivity index (χ1v) is 12.8. The minimum atomic E-state index is -0.723.